The molecule has 3 aliphatic rings. The van der Waals surface area contributed by atoms with E-state index in [0.717, 1.165) is 5.56 Å². The first-order valence-corrected chi connectivity index (χ1v) is 13.5. The van der Waals surface area contributed by atoms with Gasteiger partial charge in [0.2, 0.25) is 0 Å². The maximum Gasteiger partial charge on any atom is 3.00 e. The molecule has 0 aromatic heterocycles. The van der Waals surface area contributed by atoms with Crippen molar-refractivity contribution in [2.24, 2.45) is 0 Å². The summed E-state index contributed by atoms with van der Waals surface area (Å²) in [6, 6.07) is 9.37. The van der Waals surface area contributed by atoms with E-state index < -0.39 is 0 Å². The first kappa shape index (κ1) is 29.9. The Labute approximate surface area is 203 Å². The van der Waals surface area contributed by atoms with Crippen LogP contribution in [0.15, 0.2) is 30.3 Å². The molecule has 0 spiro atoms. The van der Waals surface area contributed by atoms with E-state index >= 15 is 0 Å². The van der Waals surface area contributed by atoms with Gasteiger partial charge in [-0.2, -0.15) is 0 Å². The van der Waals surface area contributed by atoms with Crippen LogP contribution in [0, 0.1) is 27.2 Å². The normalized spacial score (nSPS) is 20.4. The summed E-state index contributed by atoms with van der Waals surface area (Å²) in [4.78, 5) is 0. The topological polar surface area (TPSA) is 0 Å². The molecule has 0 nitrogen and oxygen atoms in total. The smallest absolute Gasteiger partial charge is 0.366 e. The summed E-state index contributed by atoms with van der Waals surface area (Å²) in [5.74, 6) is 2.28. The van der Waals surface area contributed by atoms with Crippen molar-refractivity contribution in [3.63, 3.8) is 0 Å². The van der Waals surface area contributed by atoms with E-state index in [4.69, 9.17) is 6.42 Å². The molecule has 1 aromatic carbocycles. The van der Waals surface area contributed by atoms with Crippen LogP contribution in [0.4, 0.5) is 0 Å². The van der Waals surface area contributed by atoms with E-state index in [0.29, 0.717) is 0 Å². The minimum absolute atomic E-state index is 0. The summed E-state index contributed by atoms with van der Waals surface area (Å²) in [6.07, 6.45) is 30.5. The van der Waals surface area contributed by atoms with E-state index in [1.54, 1.807) is 96.3 Å². The molecule has 0 saturated heterocycles. The van der Waals surface area contributed by atoms with Crippen LogP contribution >= 0.6 is 7.92 Å². The van der Waals surface area contributed by atoms with E-state index in [2.05, 4.69) is 5.92 Å². The average Bonchev–Trinajstić information content (AvgIpc) is 2.77. The van der Waals surface area contributed by atoms with Crippen molar-refractivity contribution in [1.29, 1.82) is 0 Å². The van der Waals surface area contributed by atoms with Crippen molar-refractivity contribution in [1.82, 2.24) is 0 Å². The van der Waals surface area contributed by atoms with Crippen LogP contribution in [0.3, 0.4) is 0 Å². The van der Waals surface area contributed by atoms with Crippen LogP contribution in [0.1, 0.15) is 102 Å². The molecule has 0 bridgehead atoms. The van der Waals surface area contributed by atoms with Crippen LogP contribution in [0.2, 0.25) is 0 Å². The van der Waals surface area contributed by atoms with Crippen molar-refractivity contribution in [2.75, 3.05) is 0 Å². The molecular weight excluding hydrogens is 559 g/mol. The quantitative estimate of drug-likeness (QED) is 0.184. The molecule has 0 aliphatic heterocycles. The third-order valence-corrected chi connectivity index (χ3v) is 11.7. The minimum atomic E-state index is -0.0465. The van der Waals surface area contributed by atoms with Gasteiger partial charge < -0.3 is 21.3 Å². The number of benzene rings is 1. The molecule has 0 radical (unpaired) electrons. The summed E-state index contributed by atoms with van der Waals surface area (Å²) in [5, 5.41) is 0. The first-order chi connectivity index (χ1) is 13.4. The van der Waals surface area contributed by atoms with Gasteiger partial charge in [0, 0.05) is 7.92 Å². The Morgan fingerprint density at radius 1 is 0.600 bits per heavy atom. The molecule has 170 valence electrons. The number of hydrogen-bond acceptors (Lipinski definition) is 0. The Bertz CT molecular complexity index is 503. The number of hydrogen-bond donors (Lipinski definition) is 0. The van der Waals surface area contributed by atoms with Crippen molar-refractivity contribution in [3.8, 4) is 5.92 Å². The molecule has 3 fully saturated rings. The predicted octanol–water partition coefficient (Wildman–Crippen LogP) is 8.72. The van der Waals surface area contributed by atoms with Crippen LogP contribution in [0.5, 0.6) is 0 Å². The molecule has 0 atom stereocenters. The zero-order chi connectivity index (χ0) is 18.7. The third-order valence-electron chi connectivity index (χ3n) is 7.15. The Balaban J connectivity index is 0.000000659. The fourth-order valence-corrected chi connectivity index (χ4v) is 11.1. The van der Waals surface area contributed by atoms with Gasteiger partial charge in [-0.1, -0.05) is 37.5 Å². The molecule has 4 rings (SSSR count). The summed E-state index contributed by atoms with van der Waals surface area (Å²) in [6.45, 7) is 0. The van der Waals surface area contributed by atoms with Crippen molar-refractivity contribution in [2.45, 2.75) is 113 Å². The third kappa shape index (κ3) is 9.56. The zero-order valence-electron chi connectivity index (χ0n) is 19.6. The summed E-state index contributed by atoms with van der Waals surface area (Å²) in [5.41, 5.74) is 4.51. The Kier molecular flexibility index (Phi) is 17.3. The van der Waals surface area contributed by atoms with Gasteiger partial charge in [0.25, 0.3) is 0 Å². The largest absolute Gasteiger partial charge is 3.00 e. The Morgan fingerprint density at radius 2 is 0.933 bits per heavy atom. The van der Waals surface area contributed by atoms with Crippen LogP contribution in [-0.2, 0) is 20.1 Å². The average molecular weight is 605 g/mol. The molecule has 0 N–H and O–H groups in total. The molecule has 3 aliphatic carbocycles. The minimum Gasteiger partial charge on any atom is -0.366 e. The maximum absolute atomic E-state index is 6.69. The molecule has 0 unspecified atom stereocenters. The second kappa shape index (κ2) is 17.4. The summed E-state index contributed by atoms with van der Waals surface area (Å²) in [7, 11) is -0.0465. The standard InChI is InChI=1S/C18H33P.C8H5.2CH3.Ir/c1-4-10-16(11-5-1)19(17-12-6-2-7-13-17)18-14-8-3-9-15-18;1-2-8-6-4-3-5-7-8;;;/h16-18H,1-15H2;3-7H;2*1H3;/q;3*-1;+3/p+1. The van der Waals surface area contributed by atoms with Gasteiger partial charge in [-0.05, 0) is 77.0 Å². The number of rotatable bonds is 3. The SMILES string of the molecule is C1CCC([PH+](C2CCCCC2)C2CCCCC2)CC1.[C-]#Cc1ccccc1.[CH3-].[CH3-].[Ir+3]. The van der Waals surface area contributed by atoms with Crippen LogP contribution in [-0.4, -0.2) is 17.0 Å². The molecule has 0 heterocycles. The Morgan fingerprint density at radius 3 is 1.20 bits per heavy atom. The summed E-state index contributed by atoms with van der Waals surface area (Å²) < 4.78 is 0. The molecule has 30 heavy (non-hydrogen) atoms. The zero-order valence-corrected chi connectivity index (χ0v) is 23.0. The molecule has 2 heteroatoms. The summed E-state index contributed by atoms with van der Waals surface area (Å²) >= 11 is 0. The Hall–Kier alpha value is -0.141. The molecular formula is C28H45IrP+. The van der Waals surface area contributed by atoms with Gasteiger partial charge >= 0.3 is 20.1 Å². The second-order valence-electron chi connectivity index (χ2n) is 9.00. The first-order valence-electron chi connectivity index (χ1n) is 11.7. The van der Waals surface area contributed by atoms with Crippen LogP contribution < -0.4 is 0 Å². The van der Waals surface area contributed by atoms with Gasteiger partial charge in [-0.3, -0.25) is 5.92 Å². The second-order valence-corrected chi connectivity index (χ2v) is 12.4. The van der Waals surface area contributed by atoms with E-state index in [9.17, 15) is 0 Å². The van der Waals surface area contributed by atoms with Gasteiger partial charge in [0.1, 0.15) is 0 Å². The van der Waals surface area contributed by atoms with Crippen molar-refractivity contribution in [3.05, 3.63) is 57.2 Å². The predicted molar refractivity (Wildman–Crippen MR) is 134 cm³/mol. The van der Waals surface area contributed by atoms with E-state index in [-0.39, 0.29) is 42.9 Å². The maximum atomic E-state index is 6.69. The van der Waals surface area contributed by atoms with Gasteiger partial charge in [0.15, 0.2) is 0 Å². The van der Waals surface area contributed by atoms with Gasteiger partial charge in [-0.15, -0.1) is 17.7 Å². The molecule has 1 aromatic rings. The molecule has 0 amide bonds. The fraction of sp³-hybridized carbons (Fsp3) is 0.643. The van der Waals surface area contributed by atoms with E-state index in [1.165, 1.54) is 17.0 Å². The van der Waals surface area contributed by atoms with Crippen molar-refractivity contribution < 1.29 is 20.1 Å². The van der Waals surface area contributed by atoms with Gasteiger partial charge in [-0.25, -0.2) is 0 Å². The van der Waals surface area contributed by atoms with Crippen LogP contribution in [0.25, 0.3) is 0 Å². The van der Waals surface area contributed by atoms with Gasteiger partial charge in [0.05, 0.1) is 17.0 Å². The molecule has 3 saturated carbocycles. The fourth-order valence-electron chi connectivity index (χ4n) is 5.83. The monoisotopic (exact) mass is 605 g/mol. The van der Waals surface area contributed by atoms with Crippen molar-refractivity contribution >= 4 is 7.92 Å². The van der Waals surface area contributed by atoms with E-state index in [1.807, 2.05) is 30.3 Å².